The number of esters is 2. The van der Waals surface area contributed by atoms with Crippen LogP contribution in [-0.4, -0.2) is 24.2 Å². The van der Waals surface area contributed by atoms with Gasteiger partial charge in [-0.3, -0.25) is 4.79 Å². The molecule has 0 amide bonds. The van der Waals surface area contributed by atoms with Crippen LogP contribution in [0.4, 0.5) is 0 Å². The quantitative estimate of drug-likeness (QED) is 0.437. The maximum absolute atomic E-state index is 13.5. The highest BCUT2D eigenvalue weighted by atomic mass is 16.6. The normalized spacial score (nSPS) is 25.5. The average Bonchev–Trinajstić information content (AvgIpc) is 3.35. The van der Waals surface area contributed by atoms with Gasteiger partial charge in [-0.2, -0.15) is 0 Å². The molecule has 1 aliphatic heterocycles. The maximum Gasteiger partial charge on any atom is 0.346 e. The number of cyclic esters (lactones) is 1. The lowest BCUT2D eigenvalue weighted by Crippen LogP contribution is -2.36. The number of rotatable bonds is 5. The minimum Gasteiger partial charge on any atom is -0.495 e. The fourth-order valence-electron chi connectivity index (χ4n) is 6.17. The van der Waals surface area contributed by atoms with Gasteiger partial charge in [-0.1, -0.05) is 6.92 Å². The van der Waals surface area contributed by atoms with Crippen LogP contribution in [0.15, 0.2) is 24.3 Å². The van der Waals surface area contributed by atoms with Crippen molar-refractivity contribution in [3.63, 3.8) is 0 Å². The van der Waals surface area contributed by atoms with Gasteiger partial charge < -0.3 is 24.1 Å². The van der Waals surface area contributed by atoms with E-state index in [1.54, 1.807) is 18.2 Å². The van der Waals surface area contributed by atoms with Gasteiger partial charge in [-0.05, 0) is 87.6 Å². The molecule has 0 radical (unpaired) electrons. The highest BCUT2D eigenvalue weighted by molar-refractivity contribution is 5.97. The molecular formula is C28H32O7. The third kappa shape index (κ3) is 3.77. The molecule has 35 heavy (non-hydrogen) atoms. The first-order valence-corrected chi connectivity index (χ1v) is 12.4. The molecule has 2 aromatic rings. The highest BCUT2D eigenvalue weighted by Crippen LogP contribution is 2.58. The molecule has 7 heteroatoms. The molecular weight excluding hydrogens is 448 g/mol. The predicted octanol–water partition coefficient (Wildman–Crippen LogP) is 5.64. The standard InChI is InChI=1S/C28H32O7/c1-5-20(29)19-10-11-21-23(25(19)32-4)26(30)33-14-16-12-15(2)13-22(24(16)34-21)35-27(31)28(3)17-6-7-18(28)9-8-17/h10-13,17-18,20,29H,5-9,14H2,1-4H3. The molecule has 1 heterocycles. The van der Waals surface area contributed by atoms with Gasteiger partial charge in [0, 0.05) is 11.1 Å². The van der Waals surface area contributed by atoms with Crippen LogP contribution in [0.3, 0.4) is 0 Å². The van der Waals surface area contributed by atoms with Crippen molar-refractivity contribution in [2.75, 3.05) is 7.11 Å². The highest BCUT2D eigenvalue weighted by Gasteiger charge is 2.57. The van der Waals surface area contributed by atoms with Gasteiger partial charge >= 0.3 is 11.9 Å². The molecule has 2 bridgehead atoms. The minimum atomic E-state index is -0.803. The van der Waals surface area contributed by atoms with Crippen molar-refractivity contribution >= 4 is 11.9 Å². The SMILES string of the molecule is CCC(O)c1ccc2c(c1OC)C(=O)OCc1cc(C)cc(OC(=O)C3(C)C4CCC3CC4)c1O2. The van der Waals surface area contributed by atoms with Gasteiger partial charge in [0.25, 0.3) is 0 Å². The molecule has 2 saturated carbocycles. The number of aryl methyl sites for hydroxylation is 1. The van der Waals surface area contributed by atoms with Crippen LogP contribution in [0.1, 0.15) is 79.1 Å². The summed E-state index contributed by atoms with van der Waals surface area (Å²) in [7, 11) is 1.44. The van der Waals surface area contributed by atoms with Crippen LogP contribution in [0.2, 0.25) is 0 Å². The van der Waals surface area contributed by atoms with Gasteiger partial charge in [0.2, 0.25) is 0 Å². The van der Waals surface area contributed by atoms with E-state index in [2.05, 4.69) is 0 Å². The Balaban J connectivity index is 1.56. The van der Waals surface area contributed by atoms with Crippen molar-refractivity contribution in [3.8, 4) is 23.0 Å². The van der Waals surface area contributed by atoms with E-state index in [0.717, 1.165) is 31.2 Å². The third-order valence-electron chi connectivity index (χ3n) is 8.22. The number of hydrogen-bond donors (Lipinski definition) is 1. The van der Waals surface area contributed by atoms with Gasteiger partial charge in [-0.15, -0.1) is 0 Å². The van der Waals surface area contributed by atoms with Gasteiger partial charge in [-0.25, -0.2) is 4.79 Å². The van der Waals surface area contributed by atoms with Crippen molar-refractivity contribution in [1.29, 1.82) is 0 Å². The Morgan fingerprint density at radius 1 is 1.20 bits per heavy atom. The summed E-state index contributed by atoms with van der Waals surface area (Å²) in [5.74, 6) is 0.957. The number of methoxy groups -OCH3 is 1. The Morgan fingerprint density at radius 3 is 2.51 bits per heavy atom. The molecule has 7 nitrogen and oxygen atoms in total. The van der Waals surface area contributed by atoms with E-state index in [4.69, 9.17) is 18.9 Å². The van der Waals surface area contributed by atoms with E-state index in [1.165, 1.54) is 7.11 Å². The second kappa shape index (κ2) is 8.86. The molecule has 5 rings (SSSR count). The topological polar surface area (TPSA) is 91.3 Å². The number of fused-ring (bicyclic) bond motifs is 4. The summed E-state index contributed by atoms with van der Waals surface area (Å²) in [5, 5.41) is 10.4. The summed E-state index contributed by atoms with van der Waals surface area (Å²) < 4.78 is 23.5. The van der Waals surface area contributed by atoms with Crippen molar-refractivity contribution in [1.82, 2.24) is 0 Å². The summed E-state index contributed by atoms with van der Waals surface area (Å²) in [4.78, 5) is 26.5. The molecule has 1 N–H and O–H groups in total. The number of hydrogen-bond acceptors (Lipinski definition) is 7. The van der Waals surface area contributed by atoms with Crippen LogP contribution in [0, 0.1) is 24.2 Å². The minimum absolute atomic E-state index is 0.0495. The fraction of sp³-hybridized carbons (Fsp3) is 0.500. The van der Waals surface area contributed by atoms with E-state index in [0.29, 0.717) is 40.9 Å². The zero-order valence-corrected chi connectivity index (χ0v) is 20.7. The lowest BCUT2D eigenvalue weighted by molar-refractivity contribution is -0.147. The monoisotopic (exact) mass is 480 g/mol. The Bertz CT molecular complexity index is 1160. The third-order valence-corrected chi connectivity index (χ3v) is 8.22. The van der Waals surface area contributed by atoms with Crippen LogP contribution in [0.5, 0.6) is 23.0 Å². The zero-order chi connectivity index (χ0) is 24.9. The number of benzene rings is 2. The Kier molecular flexibility index (Phi) is 5.99. The predicted molar refractivity (Wildman–Crippen MR) is 128 cm³/mol. The number of ether oxygens (including phenoxy) is 4. The van der Waals surface area contributed by atoms with E-state index in [1.807, 2.05) is 26.8 Å². The number of carbonyl (C=O) groups is 2. The number of aliphatic hydroxyl groups excluding tert-OH is 1. The van der Waals surface area contributed by atoms with E-state index in [-0.39, 0.29) is 29.6 Å². The molecule has 2 fully saturated rings. The Hall–Kier alpha value is -3.06. The first-order valence-electron chi connectivity index (χ1n) is 12.4. The second-order valence-electron chi connectivity index (χ2n) is 10.1. The van der Waals surface area contributed by atoms with Crippen LogP contribution in [-0.2, 0) is 16.1 Å². The number of aliphatic hydroxyl groups is 1. The molecule has 186 valence electrons. The van der Waals surface area contributed by atoms with Crippen molar-refractivity contribution in [3.05, 3.63) is 46.5 Å². The summed E-state index contributed by atoms with van der Waals surface area (Å²) >= 11 is 0. The van der Waals surface area contributed by atoms with Crippen molar-refractivity contribution in [2.24, 2.45) is 17.3 Å². The summed E-state index contributed by atoms with van der Waals surface area (Å²) in [5.41, 5.74) is 1.57. The lowest BCUT2D eigenvalue weighted by atomic mass is 9.80. The lowest BCUT2D eigenvalue weighted by Gasteiger charge is -2.28. The zero-order valence-electron chi connectivity index (χ0n) is 20.7. The van der Waals surface area contributed by atoms with Crippen molar-refractivity contribution < 1.29 is 33.6 Å². The maximum atomic E-state index is 13.5. The van der Waals surface area contributed by atoms with Gasteiger partial charge in [0.1, 0.15) is 23.7 Å². The smallest absolute Gasteiger partial charge is 0.346 e. The van der Waals surface area contributed by atoms with E-state index >= 15 is 0 Å². The largest absolute Gasteiger partial charge is 0.495 e. The fourth-order valence-corrected chi connectivity index (χ4v) is 6.17. The molecule has 0 aromatic heterocycles. The molecule has 2 aromatic carbocycles. The first kappa shape index (κ1) is 23.7. The van der Waals surface area contributed by atoms with Crippen LogP contribution in [0.25, 0.3) is 0 Å². The van der Waals surface area contributed by atoms with E-state index in [9.17, 15) is 14.7 Å². The van der Waals surface area contributed by atoms with Gasteiger partial charge in [0.05, 0.1) is 18.6 Å². The average molecular weight is 481 g/mol. The molecule has 1 unspecified atom stereocenters. The van der Waals surface area contributed by atoms with Crippen LogP contribution < -0.4 is 14.2 Å². The Morgan fingerprint density at radius 2 is 1.89 bits per heavy atom. The van der Waals surface area contributed by atoms with E-state index < -0.39 is 17.5 Å². The molecule has 1 atom stereocenters. The molecule has 3 aliphatic rings. The summed E-state index contributed by atoms with van der Waals surface area (Å²) in [6.07, 6.45) is 3.90. The van der Waals surface area contributed by atoms with Crippen LogP contribution >= 0.6 is 0 Å². The molecule has 0 saturated heterocycles. The molecule has 0 spiro atoms. The Labute approximate surface area is 205 Å². The summed E-state index contributed by atoms with van der Waals surface area (Å²) in [6.45, 7) is 5.72. The first-order chi connectivity index (χ1) is 16.8. The van der Waals surface area contributed by atoms with Crippen molar-refractivity contribution in [2.45, 2.75) is 65.6 Å². The second-order valence-corrected chi connectivity index (χ2v) is 10.1. The summed E-state index contributed by atoms with van der Waals surface area (Å²) in [6, 6.07) is 6.94. The number of carbonyl (C=O) groups excluding carboxylic acids is 2. The van der Waals surface area contributed by atoms with Gasteiger partial charge in [0.15, 0.2) is 11.5 Å². The molecule has 2 aliphatic carbocycles.